The fourth-order valence-electron chi connectivity index (χ4n) is 5.09. The summed E-state index contributed by atoms with van der Waals surface area (Å²) in [5, 5.41) is 23.4. The van der Waals surface area contributed by atoms with E-state index in [4.69, 9.17) is 24.5 Å². The van der Waals surface area contributed by atoms with Gasteiger partial charge in [0.25, 0.3) is 0 Å². The number of carboxylic acids is 2. The molecule has 10 nitrogen and oxygen atoms in total. The average Bonchev–Trinajstić information content (AvgIpc) is 3.40. The van der Waals surface area contributed by atoms with Crippen LogP contribution in [0.5, 0.6) is 5.75 Å². The predicted octanol–water partition coefficient (Wildman–Crippen LogP) is 4.80. The van der Waals surface area contributed by atoms with Crippen LogP contribution in [0.2, 0.25) is 0 Å². The number of ether oxygens (including phenoxy) is 1. The van der Waals surface area contributed by atoms with Gasteiger partial charge in [0, 0.05) is 37.3 Å². The lowest BCUT2D eigenvalue weighted by Gasteiger charge is -2.48. The standard InChI is InChI=1S/C24H28FN5O.2C2HF3O2/c1-28-16-22-26-27-23(18-7-9-20(31-2)10-8-18)30(22)24(17-28)11-13-29(14-12-24)15-19-5-3-4-6-21(19)25;2*3-2(4,5)1(6)7/h3-10H,11-17H2,1-2H3;2*(H,6,7). The fraction of sp³-hybridized carbons (Fsp3) is 0.429. The summed E-state index contributed by atoms with van der Waals surface area (Å²) in [4.78, 5) is 22.5. The van der Waals surface area contributed by atoms with E-state index in [1.54, 1.807) is 19.2 Å². The first kappa shape index (κ1) is 35.2. The molecule has 0 radical (unpaired) electrons. The summed E-state index contributed by atoms with van der Waals surface area (Å²) in [6.07, 6.45) is -8.19. The van der Waals surface area contributed by atoms with Crippen LogP contribution in [-0.4, -0.2) is 92.9 Å². The molecule has 2 aliphatic heterocycles. The van der Waals surface area contributed by atoms with Gasteiger partial charge in [-0.05, 0) is 50.2 Å². The van der Waals surface area contributed by atoms with Gasteiger partial charge >= 0.3 is 24.3 Å². The molecular formula is C28H30F7N5O5. The number of likely N-dealkylation sites (tertiary alicyclic amines) is 1. The van der Waals surface area contributed by atoms with Crippen molar-refractivity contribution in [2.45, 2.75) is 43.8 Å². The third kappa shape index (κ3) is 9.13. The Hall–Kier alpha value is -4.25. The molecule has 0 aliphatic carbocycles. The number of carboxylic acid groups (broad SMARTS) is 2. The molecule has 2 aliphatic rings. The summed E-state index contributed by atoms with van der Waals surface area (Å²) in [6, 6.07) is 15.1. The second-order valence-electron chi connectivity index (χ2n) is 10.4. The first-order valence-electron chi connectivity index (χ1n) is 13.3. The number of halogens is 7. The van der Waals surface area contributed by atoms with E-state index in [0.29, 0.717) is 6.54 Å². The van der Waals surface area contributed by atoms with E-state index < -0.39 is 24.3 Å². The molecule has 1 saturated heterocycles. The molecule has 45 heavy (non-hydrogen) atoms. The first-order chi connectivity index (χ1) is 21.0. The number of rotatable bonds is 4. The highest BCUT2D eigenvalue weighted by Crippen LogP contribution is 2.39. The Morgan fingerprint density at radius 3 is 1.93 bits per heavy atom. The summed E-state index contributed by atoms with van der Waals surface area (Å²) in [5.41, 5.74) is 1.77. The molecule has 1 aromatic heterocycles. The van der Waals surface area contributed by atoms with Gasteiger partial charge in [0.15, 0.2) is 5.82 Å². The Morgan fingerprint density at radius 2 is 1.44 bits per heavy atom. The smallest absolute Gasteiger partial charge is 0.490 e. The fourth-order valence-corrected chi connectivity index (χ4v) is 5.09. The number of benzene rings is 2. The number of hydrogen-bond donors (Lipinski definition) is 2. The lowest BCUT2D eigenvalue weighted by molar-refractivity contribution is -0.193. The monoisotopic (exact) mass is 649 g/mol. The van der Waals surface area contributed by atoms with Gasteiger partial charge in [-0.3, -0.25) is 9.80 Å². The van der Waals surface area contributed by atoms with E-state index in [-0.39, 0.29) is 11.4 Å². The second kappa shape index (κ2) is 14.2. The molecule has 2 N–H and O–H groups in total. The number of piperidine rings is 1. The first-order valence-corrected chi connectivity index (χ1v) is 13.3. The number of fused-ring (bicyclic) bond motifs is 2. The Kier molecular flexibility index (Phi) is 11.1. The minimum Gasteiger partial charge on any atom is -0.497 e. The molecule has 0 saturated carbocycles. The number of nitrogens with zero attached hydrogens (tertiary/aromatic N) is 5. The van der Waals surface area contributed by atoms with Crippen LogP contribution in [0, 0.1) is 5.82 Å². The molecule has 1 spiro atoms. The maximum Gasteiger partial charge on any atom is 0.490 e. The molecule has 2 aromatic carbocycles. The molecule has 246 valence electrons. The maximum atomic E-state index is 14.1. The molecule has 3 aromatic rings. The Balaban J connectivity index is 0.000000331. The highest BCUT2D eigenvalue weighted by atomic mass is 19.4. The van der Waals surface area contributed by atoms with Crippen LogP contribution in [0.15, 0.2) is 48.5 Å². The maximum absolute atomic E-state index is 14.1. The summed E-state index contributed by atoms with van der Waals surface area (Å²) >= 11 is 0. The molecule has 0 bridgehead atoms. The number of alkyl halides is 6. The largest absolute Gasteiger partial charge is 0.497 e. The molecule has 5 rings (SSSR count). The van der Waals surface area contributed by atoms with Crippen molar-refractivity contribution in [3.63, 3.8) is 0 Å². The van der Waals surface area contributed by atoms with Crippen LogP contribution in [-0.2, 0) is 28.2 Å². The molecular weight excluding hydrogens is 619 g/mol. The van der Waals surface area contributed by atoms with E-state index in [2.05, 4.69) is 43.7 Å². The number of aliphatic carboxylic acids is 2. The Morgan fingerprint density at radius 1 is 0.911 bits per heavy atom. The molecule has 0 unspecified atom stereocenters. The highest BCUT2D eigenvalue weighted by molar-refractivity contribution is 5.73. The molecule has 17 heteroatoms. The van der Waals surface area contributed by atoms with E-state index in [9.17, 15) is 30.7 Å². The second-order valence-corrected chi connectivity index (χ2v) is 10.4. The molecule has 0 amide bonds. The number of carbonyl (C=O) groups is 2. The Labute approximate surface area is 252 Å². The quantitative estimate of drug-likeness (QED) is 0.384. The normalized spacial score (nSPS) is 16.5. The molecule has 0 atom stereocenters. The Bertz CT molecular complexity index is 1430. The van der Waals surface area contributed by atoms with Crippen LogP contribution in [0.25, 0.3) is 11.4 Å². The third-order valence-corrected chi connectivity index (χ3v) is 7.15. The van der Waals surface area contributed by atoms with Crippen molar-refractivity contribution in [2.24, 2.45) is 0 Å². The highest BCUT2D eigenvalue weighted by Gasteiger charge is 2.43. The van der Waals surface area contributed by atoms with Gasteiger partial charge in [0.1, 0.15) is 17.4 Å². The average molecular weight is 650 g/mol. The number of aromatic nitrogens is 3. The zero-order valence-corrected chi connectivity index (χ0v) is 24.1. The summed E-state index contributed by atoms with van der Waals surface area (Å²) in [6.45, 7) is 4.25. The number of likely N-dealkylation sites (N-methyl/N-ethyl adjacent to an activating group) is 1. The van der Waals surface area contributed by atoms with E-state index in [1.165, 1.54) is 0 Å². The number of hydrogen-bond acceptors (Lipinski definition) is 7. The summed E-state index contributed by atoms with van der Waals surface area (Å²) < 4.78 is 85.3. The minimum absolute atomic E-state index is 0.0488. The van der Waals surface area contributed by atoms with Gasteiger partial charge in [0.05, 0.1) is 19.2 Å². The zero-order chi connectivity index (χ0) is 33.6. The van der Waals surface area contributed by atoms with Crippen molar-refractivity contribution in [1.82, 2.24) is 24.6 Å². The minimum atomic E-state index is -5.08. The van der Waals surface area contributed by atoms with Crippen LogP contribution in [0.4, 0.5) is 30.7 Å². The van der Waals surface area contributed by atoms with Crippen molar-refractivity contribution < 1.29 is 55.3 Å². The van der Waals surface area contributed by atoms with Crippen molar-refractivity contribution in [2.75, 3.05) is 33.8 Å². The van der Waals surface area contributed by atoms with Gasteiger partial charge in [-0.2, -0.15) is 26.3 Å². The zero-order valence-electron chi connectivity index (χ0n) is 24.1. The van der Waals surface area contributed by atoms with Gasteiger partial charge in [-0.1, -0.05) is 18.2 Å². The van der Waals surface area contributed by atoms with Crippen molar-refractivity contribution in [1.29, 1.82) is 0 Å². The van der Waals surface area contributed by atoms with Gasteiger partial charge in [0.2, 0.25) is 0 Å². The number of methoxy groups -OCH3 is 1. The molecule has 3 heterocycles. The lowest BCUT2D eigenvalue weighted by Crippen LogP contribution is -2.55. The van der Waals surface area contributed by atoms with Crippen molar-refractivity contribution in [3.8, 4) is 17.1 Å². The molecule has 1 fully saturated rings. The van der Waals surface area contributed by atoms with E-state index in [0.717, 1.165) is 67.5 Å². The van der Waals surface area contributed by atoms with Crippen LogP contribution < -0.4 is 4.74 Å². The van der Waals surface area contributed by atoms with Crippen molar-refractivity contribution >= 4 is 11.9 Å². The van der Waals surface area contributed by atoms with Crippen molar-refractivity contribution in [3.05, 3.63) is 65.7 Å². The van der Waals surface area contributed by atoms with E-state index >= 15 is 0 Å². The van der Waals surface area contributed by atoms with Gasteiger partial charge in [-0.25, -0.2) is 14.0 Å². The van der Waals surface area contributed by atoms with Gasteiger partial charge < -0.3 is 19.5 Å². The van der Waals surface area contributed by atoms with Crippen LogP contribution >= 0.6 is 0 Å². The van der Waals surface area contributed by atoms with Crippen LogP contribution in [0.1, 0.15) is 24.2 Å². The van der Waals surface area contributed by atoms with Crippen LogP contribution in [0.3, 0.4) is 0 Å². The van der Waals surface area contributed by atoms with Gasteiger partial charge in [-0.15, -0.1) is 10.2 Å². The lowest BCUT2D eigenvalue weighted by atomic mass is 9.84. The van der Waals surface area contributed by atoms with E-state index in [1.807, 2.05) is 24.3 Å². The summed E-state index contributed by atoms with van der Waals surface area (Å²) in [7, 11) is 3.83. The predicted molar refractivity (Wildman–Crippen MR) is 145 cm³/mol. The SMILES string of the molecule is COc1ccc(-c2nnc3n2C2(CCN(Cc4ccccc4F)CC2)CN(C)C3)cc1.O=C(O)C(F)(F)F.O=C(O)C(F)(F)F. The third-order valence-electron chi connectivity index (χ3n) is 7.15. The topological polar surface area (TPSA) is 121 Å². The summed E-state index contributed by atoms with van der Waals surface area (Å²) in [5.74, 6) is -2.86.